The molecule has 0 aliphatic rings. The lowest BCUT2D eigenvalue weighted by atomic mass is 10.3. The van der Waals surface area contributed by atoms with E-state index in [-0.39, 0.29) is 29.9 Å². The average molecular weight is 438 g/mol. The first kappa shape index (κ1) is 21.2. The molecule has 0 unspecified atom stereocenters. The van der Waals surface area contributed by atoms with E-state index in [0.717, 1.165) is 31.9 Å². The fourth-order valence-electron chi connectivity index (χ4n) is 1.86. The normalized spacial score (nSPS) is 10.8. The van der Waals surface area contributed by atoms with Gasteiger partial charge in [-0.3, -0.25) is 9.79 Å². The third-order valence-corrected chi connectivity index (χ3v) is 3.99. The highest BCUT2D eigenvalue weighted by Crippen LogP contribution is 2.09. The van der Waals surface area contributed by atoms with Crippen LogP contribution in [0.1, 0.15) is 24.6 Å². The number of aliphatic imine (C=N–C) groups is 1. The number of thiophene rings is 1. The Hall–Kier alpha value is -0.830. The van der Waals surface area contributed by atoms with Crippen LogP contribution in [0.15, 0.2) is 22.5 Å². The zero-order chi connectivity index (χ0) is 15.5. The third-order valence-electron chi connectivity index (χ3n) is 3.05. The molecule has 1 heterocycles. The van der Waals surface area contributed by atoms with Gasteiger partial charge in [0.2, 0.25) is 5.91 Å². The summed E-state index contributed by atoms with van der Waals surface area (Å²) in [4.78, 5) is 19.2. The maximum absolute atomic E-state index is 11.5. The number of carbonyl (C=O) groups is 1. The highest BCUT2D eigenvalue weighted by molar-refractivity contribution is 14.0. The molecular weight excluding hydrogens is 411 g/mol. The molecule has 0 radical (unpaired) electrons. The number of carbonyl (C=O) groups excluding carboxylic acids is 1. The van der Waals surface area contributed by atoms with E-state index in [9.17, 15) is 4.79 Å². The van der Waals surface area contributed by atoms with Crippen molar-refractivity contribution in [2.75, 3.05) is 33.7 Å². The van der Waals surface area contributed by atoms with Crippen molar-refractivity contribution in [3.63, 3.8) is 0 Å². The second-order valence-electron chi connectivity index (χ2n) is 4.82. The summed E-state index contributed by atoms with van der Waals surface area (Å²) in [6.07, 6.45) is 2.44. The summed E-state index contributed by atoms with van der Waals surface area (Å²) in [6.45, 7) is 4.30. The summed E-state index contributed by atoms with van der Waals surface area (Å²) in [5.41, 5.74) is 0. The Morgan fingerprint density at radius 1 is 1.36 bits per heavy atom. The number of nitrogens with zero attached hydrogens (tertiary/aromatic N) is 2. The smallest absolute Gasteiger partial charge is 0.221 e. The van der Waals surface area contributed by atoms with Crippen molar-refractivity contribution in [2.24, 2.45) is 4.99 Å². The molecule has 0 bridgehead atoms. The molecule has 0 aromatic carbocycles. The molecule has 0 aliphatic heterocycles. The van der Waals surface area contributed by atoms with Gasteiger partial charge in [-0.1, -0.05) is 13.0 Å². The van der Waals surface area contributed by atoms with Crippen molar-refractivity contribution in [3.05, 3.63) is 22.4 Å². The maximum Gasteiger partial charge on any atom is 0.221 e. The molecule has 22 heavy (non-hydrogen) atoms. The zero-order valence-corrected chi connectivity index (χ0v) is 16.7. The van der Waals surface area contributed by atoms with E-state index in [4.69, 9.17) is 0 Å². The molecule has 2 N–H and O–H groups in total. The van der Waals surface area contributed by atoms with E-state index in [1.54, 1.807) is 18.4 Å². The lowest BCUT2D eigenvalue weighted by molar-refractivity contribution is -0.120. The molecular formula is C15H27IN4OS. The van der Waals surface area contributed by atoms with Crippen LogP contribution in [0.5, 0.6) is 0 Å². The van der Waals surface area contributed by atoms with Crippen molar-refractivity contribution < 1.29 is 4.79 Å². The van der Waals surface area contributed by atoms with Crippen LogP contribution < -0.4 is 10.6 Å². The maximum atomic E-state index is 11.5. The first-order valence-corrected chi connectivity index (χ1v) is 8.26. The van der Waals surface area contributed by atoms with Gasteiger partial charge in [0.1, 0.15) is 0 Å². The molecule has 0 saturated heterocycles. The number of hydrogen-bond donors (Lipinski definition) is 2. The molecule has 0 fully saturated rings. The summed E-state index contributed by atoms with van der Waals surface area (Å²) in [6, 6.07) is 4.22. The predicted octanol–water partition coefficient (Wildman–Crippen LogP) is 2.33. The minimum Gasteiger partial charge on any atom is -0.356 e. The van der Waals surface area contributed by atoms with Crippen LogP contribution in [0.3, 0.4) is 0 Å². The van der Waals surface area contributed by atoms with Gasteiger partial charge in [-0.2, -0.15) is 0 Å². The van der Waals surface area contributed by atoms with Crippen molar-refractivity contribution in [3.8, 4) is 0 Å². The van der Waals surface area contributed by atoms with E-state index in [1.165, 1.54) is 4.88 Å². The summed E-state index contributed by atoms with van der Waals surface area (Å²) in [5.74, 6) is 0.913. The summed E-state index contributed by atoms with van der Waals surface area (Å²) in [7, 11) is 3.78. The molecule has 126 valence electrons. The first-order valence-electron chi connectivity index (χ1n) is 7.38. The van der Waals surface area contributed by atoms with Gasteiger partial charge in [-0.15, -0.1) is 35.3 Å². The first-order chi connectivity index (χ1) is 10.2. The largest absolute Gasteiger partial charge is 0.356 e. The molecule has 5 nitrogen and oxygen atoms in total. The number of guanidine groups is 1. The minimum absolute atomic E-state index is 0. The fourth-order valence-corrected chi connectivity index (χ4v) is 2.56. The molecule has 0 saturated carbocycles. The van der Waals surface area contributed by atoms with Crippen LogP contribution in [-0.2, 0) is 11.2 Å². The monoisotopic (exact) mass is 438 g/mol. The molecule has 0 spiro atoms. The quantitative estimate of drug-likeness (QED) is 0.372. The number of nitrogens with one attached hydrogen (secondary N) is 2. The third kappa shape index (κ3) is 8.57. The second-order valence-corrected chi connectivity index (χ2v) is 5.86. The van der Waals surface area contributed by atoms with Crippen LogP contribution in [0.25, 0.3) is 0 Å². The summed E-state index contributed by atoms with van der Waals surface area (Å²) in [5, 5.41) is 8.19. The second kappa shape index (κ2) is 12.7. The lowest BCUT2D eigenvalue weighted by Gasteiger charge is -2.21. The Morgan fingerprint density at radius 3 is 2.73 bits per heavy atom. The number of rotatable bonds is 8. The van der Waals surface area contributed by atoms with Gasteiger partial charge in [0.15, 0.2) is 5.96 Å². The number of halogens is 1. The van der Waals surface area contributed by atoms with E-state index >= 15 is 0 Å². The number of amides is 1. The Morgan fingerprint density at radius 2 is 2.14 bits per heavy atom. The summed E-state index contributed by atoms with van der Waals surface area (Å²) < 4.78 is 0. The minimum atomic E-state index is 0. The van der Waals surface area contributed by atoms with Gasteiger partial charge < -0.3 is 15.5 Å². The van der Waals surface area contributed by atoms with E-state index < -0.39 is 0 Å². The van der Waals surface area contributed by atoms with Crippen LogP contribution in [0.2, 0.25) is 0 Å². The van der Waals surface area contributed by atoms with Gasteiger partial charge in [0.25, 0.3) is 0 Å². The van der Waals surface area contributed by atoms with E-state index in [1.807, 2.05) is 14.0 Å². The highest BCUT2D eigenvalue weighted by Gasteiger charge is 2.07. The summed E-state index contributed by atoms with van der Waals surface area (Å²) >= 11 is 1.77. The lowest BCUT2D eigenvalue weighted by Crippen LogP contribution is -2.41. The average Bonchev–Trinajstić information content (AvgIpc) is 3.00. The molecule has 1 aromatic rings. The molecule has 1 aromatic heterocycles. The number of hydrogen-bond acceptors (Lipinski definition) is 3. The Labute approximate surface area is 154 Å². The van der Waals surface area contributed by atoms with Crippen molar-refractivity contribution in [1.82, 2.24) is 15.5 Å². The molecule has 7 heteroatoms. The molecule has 1 amide bonds. The fraction of sp³-hybridized carbons (Fsp3) is 0.600. The Balaban J connectivity index is 0.00000441. The molecule has 0 aliphatic carbocycles. The van der Waals surface area contributed by atoms with E-state index in [0.29, 0.717) is 13.0 Å². The van der Waals surface area contributed by atoms with Gasteiger partial charge >= 0.3 is 0 Å². The van der Waals surface area contributed by atoms with Crippen LogP contribution in [0.4, 0.5) is 0 Å². The van der Waals surface area contributed by atoms with Gasteiger partial charge in [0.05, 0.1) is 0 Å². The Bertz CT molecular complexity index is 437. The SMILES string of the molecule is CCCNC(=O)CCNC(=NC)N(C)CCc1cccs1.I. The van der Waals surface area contributed by atoms with E-state index in [2.05, 4.69) is 38.0 Å². The molecule has 1 rings (SSSR count). The zero-order valence-electron chi connectivity index (χ0n) is 13.6. The number of likely N-dealkylation sites (N-methyl/N-ethyl adjacent to an activating group) is 1. The van der Waals surface area contributed by atoms with Crippen LogP contribution in [0, 0.1) is 0 Å². The highest BCUT2D eigenvalue weighted by atomic mass is 127. The standard InChI is InChI=1S/C15H26N4OS.HI/c1-4-9-17-14(20)7-10-18-15(16-2)19(3)11-8-13-6-5-12-21-13;/h5-6,12H,4,7-11H2,1-3H3,(H,16,18)(H,17,20);1H. The van der Waals surface area contributed by atoms with Gasteiger partial charge in [0, 0.05) is 45.0 Å². The van der Waals surface area contributed by atoms with Gasteiger partial charge in [-0.05, 0) is 24.3 Å². The van der Waals surface area contributed by atoms with Crippen LogP contribution >= 0.6 is 35.3 Å². The Kier molecular flexibility index (Phi) is 12.2. The van der Waals surface area contributed by atoms with Crippen molar-refractivity contribution >= 4 is 47.2 Å². The topological polar surface area (TPSA) is 56.7 Å². The van der Waals surface area contributed by atoms with Gasteiger partial charge in [-0.25, -0.2) is 0 Å². The predicted molar refractivity (Wildman–Crippen MR) is 105 cm³/mol. The van der Waals surface area contributed by atoms with Crippen molar-refractivity contribution in [1.29, 1.82) is 0 Å². The van der Waals surface area contributed by atoms with Crippen LogP contribution in [-0.4, -0.2) is 50.5 Å². The molecule has 0 atom stereocenters. The van der Waals surface area contributed by atoms with Crippen molar-refractivity contribution in [2.45, 2.75) is 26.2 Å².